The number of benzene rings is 1. The zero-order valence-electron chi connectivity index (χ0n) is 13.7. The van der Waals surface area contributed by atoms with Gasteiger partial charge < -0.3 is 5.32 Å². The minimum atomic E-state index is -0.0586. The molecule has 1 N–H and O–H groups in total. The molecule has 1 amide bonds. The zero-order chi connectivity index (χ0) is 16.8. The first kappa shape index (κ1) is 16.5. The van der Waals surface area contributed by atoms with Crippen molar-refractivity contribution < 1.29 is 4.79 Å². The van der Waals surface area contributed by atoms with E-state index >= 15 is 0 Å². The van der Waals surface area contributed by atoms with Gasteiger partial charge in [0.15, 0.2) is 0 Å². The van der Waals surface area contributed by atoms with E-state index in [0.29, 0.717) is 12.1 Å². The Kier molecular flexibility index (Phi) is 5.43. The SMILES string of the molecule is CCCCCNC(=O)c1cn(-c2ccccc2)nc1-c1cccs1. The third kappa shape index (κ3) is 3.74. The van der Waals surface area contributed by atoms with Gasteiger partial charge in [0.05, 0.1) is 16.1 Å². The first-order valence-corrected chi connectivity index (χ1v) is 9.14. The van der Waals surface area contributed by atoms with Gasteiger partial charge in [-0.1, -0.05) is 44.0 Å². The van der Waals surface area contributed by atoms with Crippen LogP contribution in [-0.4, -0.2) is 22.2 Å². The molecule has 0 bridgehead atoms. The quantitative estimate of drug-likeness (QED) is 0.643. The maximum absolute atomic E-state index is 12.6. The summed E-state index contributed by atoms with van der Waals surface area (Å²) in [6.07, 6.45) is 5.09. The van der Waals surface area contributed by atoms with Gasteiger partial charge in [-0.2, -0.15) is 5.10 Å². The van der Waals surface area contributed by atoms with Crippen molar-refractivity contribution in [3.8, 4) is 16.3 Å². The first-order valence-electron chi connectivity index (χ1n) is 8.26. The molecule has 0 unspecified atom stereocenters. The molecule has 3 rings (SSSR count). The summed E-state index contributed by atoms with van der Waals surface area (Å²) in [6, 6.07) is 13.8. The normalized spacial score (nSPS) is 10.7. The van der Waals surface area contributed by atoms with Crippen LogP contribution in [0.25, 0.3) is 16.3 Å². The predicted molar refractivity (Wildman–Crippen MR) is 98.7 cm³/mol. The molecule has 2 heterocycles. The molecule has 5 heteroatoms. The van der Waals surface area contributed by atoms with E-state index in [9.17, 15) is 4.79 Å². The van der Waals surface area contributed by atoms with E-state index in [1.54, 1.807) is 16.0 Å². The Morgan fingerprint density at radius 1 is 1.17 bits per heavy atom. The number of nitrogens with zero attached hydrogens (tertiary/aromatic N) is 2. The highest BCUT2D eigenvalue weighted by atomic mass is 32.1. The Morgan fingerprint density at radius 2 is 2.00 bits per heavy atom. The number of rotatable bonds is 7. The number of unbranched alkanes of at least 4 members (excludes halogenated alkanes) is 2. The summed E-state index contributed by atoms with van der Waals surface area (Å²) >= 11 is 1.59. The van der Waals surface area contributed by atoms with E-state index < -0.39 is 0 Å². The molecule has 24 heavy (non-hydrogen) atoms. The summed E-state index contributed by atoms with van der Waals surface area (Å²) in [5.74, 6) is -0.0586. The molecule has 0 saturated heterocycles. The maximum atomic E-state index is 12.6. The van der Waals surface area contributed by atoms with E-state index in [1.165, 1.54) is 0 Å². The Bertz CT molecular complexity index is 778. The highest BCUT2D eigenvalue weighted by molar-refractivity contribution is 7.13. The van der Waals surface area contributed by atoms with Crippen molar-refractivity contribution in [1.29, 1.82) is 0 Å². The number of para-hydroxylation sites is 1. The van der Waals surface area contributed by atoms with E-state index in [-0.39, 0.29) is 5.91 Å². The molecular weight excluding hydrogens is 318 g/mol. The van der Waals surface area contributed by atoms with Crippen LogP contribution in [-0.2, 0) is 0 Å². The van der Waals surface area contributed by atoms with Gasteiger partial charge in [0.1, 0.15) is 5.69 Å². The number of carbonyl (C=O) groups is 1. The lowest BCUT2D eigenvalue weighted by Gasteiger charge is -2.03. The van der Waals surface area contributed by atoms with Crippen molar-refractivity contribution >= 4 is 17.2 Å². The van der Waals surface area contributed by atoms with Crippen molar-refractivity contribution in [1.82, 2.24) is 15.1 Å². The average Bonchev–Trinajstić information content (AvgIpc) is 3.28. The van der Waals surface area contributed by atoms with Crippen molar-refractivity contribution in [2.45, 2.75) is 26.2 Å². The molecule has 0 aliphatic carbocycles. The van der Waals surface area contributed by atoms with Crippen LogP contribution >= 0.6 is 11.3 Å². The standard InChI is InChI=1S/C19H21N3OS/c1-2-3-7-12-20-19(23)16-14-22(15-9-5-4-6-10-15)21-18(16)17-11-8-13-24-17/h4-6,8-11,13-14H,2-3,7,12H2,1H3,(H,20,23). The summed E-state index contributed by atoms with van der Waals surface area (Å²) in [4.78, 5) is 13.6. The molecule has 0 spiro atoms. The highest BCUT2D eigenvalue weighted by Gasteiger charge is 2.18. The number of aromatic nitrogens is 2. The third-order valence-corrected chi connectivity index (χ3v) is 4.68. The van der Waals surface area contributed by atoms with Gasteiger partial charge in [-0.3, -0.25) is 4.79 Å². The highest BCUT2D eigenvalue weighted by Crippen LogP contribution is 2.27. The largest absolute Gasteiger partial charge is 0.352 e. The van der Waals surface area contributed by atoms with E-state index in [0.717, 1.165) is 35.5 Å². The fraction of sp³-hybridized carbons (Fsp3) is 0.263. The second kappa shape index (κ2) is 7.93. The fourth-order valence-corrected chi connectivity index (χ4v) is 3.24. The fourth-order valence-electron chi connectivity index (χ4n) is 2.52. The van der Waals surface area contributed by atoms with Gasteiger partial charge in [-0.25, -0.2) is 4.68 Å². The molecule has 1 aromatic carbocycles. The lowest BCUT2D eigenvalue weighted by Crippen LogP contribution is -2.24. The molecule has 0 fully saturated rings. The molecule has 3 aromatic rings. The topological polar surface area (TPSA) is 46.9 Å². The summed E-state index contributed by atoms with van der Waals surface area (Å²) in [5.41, 5.74) is 2.31. The number of carbonyl (C=O) groups excluding carboxylic acids is 1. The van der Waals surface area contributed by atoms with Crippen molar-refractivity contribution in [3.05, 3.63) is 59.6 Å². The molecule has 2 aromatic heterocycles. The van der Waals surface area contributed by atoms with Crippen molar-refractivity contribution in [3.63, 3.8) is 0 Å². The van der Waals surface area contributed by atoms with Crippen LogP contribution in [0.2, 0.25) is 0 Å². The minimum Gasteiger partial charge on any atom is -0.352 e. The molecule has 0 aliphatic rings. The Hall–Kier alpha value is -2.40. The maximum Gasteiger partial charge on any atom is 0.255 e. The second-order valence-electron chi connectivity index (χ2n) is 5.61. The summed E-state index contributed by atoms with van der Waals surface area (Å²) < 4.78 is 1.77. The van der Waals surface area contributed by atoms with Crippen LogP contribution in [0.5, 0.6) is 0 Å². The minimum absolute atomic E-state index is 0.0586. The average molecular weight is 339 g/mol. The predicted octanol–water partition coefficient (Wildman–Crippen LogP) is 4.52. The monoisotopic (exact) mass is 339 g/mol. The molecule has 0 aliphatic heterocycles. The number of hydrogen-bond donors (Lipinski definition) is 1. The van der Waals surface area contributed by atoms with Gasteiger partial charge >= 0.3 is 0 Å². The lowest BCUT2D eigenvalue weighted by atomic mass is 10.2. The van der Waals surface area contributed by atoms with Gasteiger partial charge in [-0.05, 0) is 30.0 Å². The Balaban J connectivity index is 1.89. The van der Waals surface area contributed by atoms with Gasteiger partial charge in [0.25, 0.3) is 5.91 Å². The van der Waals surface area contributed by atoms with Crippen LogP contribution in [0.1, 0.15) is 36.5 Å². The third-order valence-electron chi connectivity index (χ3n) is 3.80. The van der Waals surface area contributed by atoms with Gasteiger partial charge in [0.2, 0.25) is 0 Å². The Labute approximate surface area is 146 Å². The molecule has 0 saturated carbocycles. The first-order chi connectivity index (χ1) is 11.8. The number of hydrogen-bond acceptors (Lipinski definition) is 3. The Morgan fingerprint density at radius 3 is 2.71 bits per heavy atom. The second-order valence-corrected chi connectivity index (χ2v) is 6.56. The van der Waals surface area contributed by atoms with Crippen molar-refractivity contribution in [2.75, 3.05) is 6.54 Å². The smallest absolute Gasteiger partial charge is 0.255 e. The van der Waals surface area contributed by atoms with Gasteiger partial charge in [-0.15, -0.1) is 11.3 Å². The molecular formula is C19H21N3OS. The van der Waals surface area contributed by atoms with E-state index in [4.69, 9.17) is 0 Å². The van der Waals surface area contributed by atoms with Crippen LogP contribution in [0.3, 0.4) is 0 Å². The number of thiophene rings is 1. The summed E-state index contributed by atoms with van der Waals surface area (Å²) in [6.45, 7) is 2.85. The number of nitrogens with one attached hydrogen (secondary N) is 1. The van der Waals surface area contributed by atoms with Crippen LogP contribution in [0, 0.1) is 0 Å². The summed E-state index contributed by atoms with van der Waals surface area (Å²) in [7, 11) is 0. The molecule has 4 nitrogen and oxygen atoms in total. The number of amides is 1. The van der Waals surface area contributed by atoms with Gasteiger partial charge in [0, 0.05) is 12.7 Å². The van der Waals surface area contributed by atoms with Crippen LogP contribution in [0.4, 0.5) is 0 Å². The van der Waals surface area contributed by atoms with E-state index in [2.05, 4.69) is 17.3 Å². The molecule has 0 atom stereocenters. The van der Waals surface area contributed by atoms with Crippen LogP contribution in [0.15, 0.2) is 54.0 Å². The van der Waals surface area contributed by atoms with Crippen LogP contribution < -0.4 is 5.32 Å². The van der Waals surface area contributed by atoms with E-state index in [1.807, 2.05) is 54.0 Å². The lowest BCUT2D eigenvalue weighted by molar-refractivity contribution is 0.0953. The zero-order valence-corrected chi connectivity index (χ0v) is 14.6. The van der Waals surface area contributed by atoms with Crippen molar-refractivity contribution in [2.24, 2.45) is 0 Å². The molecule has 124 valence electrons. The summed E-state index contributed by atoms with van der Waals surface area (Å²) in [5, 5.41) is 9.67. The molecule has 0 radical (unpaired) electrons.